The molecule has 0 atom stereocenters. The number of amides is 1. The van der Waals surface area contributed by atoms with Gasteiger partial charge in [-0.25, -0.2) is 0 Å². The zero-order valence-corrected chi connectivity index (χ0v) is 14.7. The molecule has 1 saturated carbocycles. The van der Waals surface area contributed by atoms with Crippen LogP contribution in [0.15, 0.2) is 24.4 Å². The lowest BCUT2D eigenvalue weighted by Crippen LogP contribution is -2.43. The van der Waals surface area contributed by atoms with E-state index < -0.39 is 5.41 Å². The van der Waals surface area contributed by atoms with Gasteiger partial charge in [0.15, 0.2) is 11.5 Å². The fourth-order valence-corrected chi connectivity index (χ4v) is 3.58. The lowest BCUT2D eigenvalue weighted by Gasteiger charge is -2.29. The van der Waals surface area contributed by atoms with Crippen molar-refractivity contribution < 1.29 is 14.3 Å². The zero-order valence-electron chi connectivity index (χ0n) is 14.7. The second-order valence-electron chi connectivity index (χ2n) is 6.33. The molecule has 0 aliphatic heterocycles. The Balaban J connectivity index is 1.77. The molecular weight excluding hydrogens is 320 g/mol. The molecule has 25 heavy (non-hydrogen) atoms. The molecule has 2 N–H and O–H groups in total. The van der Waals surface area contributed by atoms with Crippen LogP contribution < -0.4 is 14.8 Å². The molecule has 0 radical (unpaired) electrons. The maximum atomic E-state index is 13.0. The summed E-state index contributed by atoms with van der Waals surface area (Å²) >= 11 is 0. The number of H-pyrrole nitrogens is 1. The minimum Gasteiger partial charge on any atom is -0.493 e. The van der Waals surface area contributed by atoms with Gasteiger partial charge in [-0.3, -0.25) is 4.79 Å². The molecule has 3 rings (SSSR count). The average Bonchev–Trinajstić information content (AvgIpc) is 3.33. The monoisotopic (exact) mass is 344 g/mol. The number of carbonyl (C=O) groups excluding carboxylic acids is 1. The van der Waals surface area contributed by atoms with E-state index in [-0.39, 0.29) is 5.91 Å². The van der Waals surface area contributed by atoms with Gasteiger partial charge >= 0.3 is 0 Å². The minimum absolute atomic E-state index is 0.0701. The highest BCUT2D eigenvalue weighted by molar-refractivity contribution is 5.88. The van der Waals surface area contributed by atoms with Gasteiger partial charge < -0.3 is 14.8 Å². The van der Waals surface area contributed by atoms with E-state index in [1.807, 2.05) is 18.2 Å². The highest BCUT2D eigenvalue weighted by Gasteiger charge is 2.42. The van der Waals surface area contributed by atoms with E-state index in [4.69, 9.17) is 9.47 Å². The Kier molecular flexibility index (Phi) is 5.21. The van der Waals surface area contributed by atoms with Gasteiger partial charge in [0.05, 0.1) is 31.5 Å². The lowest BCUT2D eigenvalue weighted by atomic mass is 9.77. The number of nitrogens with one attached hydrogen (secondary N) is 2. The number of ether oxygens (including phenoxy) is 2. The number of nitrogens with zero attached hydrogens (tertiary/aromatic N) is 2. The summed E-state index contributed by atoms with van der Waals surface area (Å²) in [7, 11) is 3.22. The third-order valence-electron chi connectivity index (χ3n) is 4.96. The Hall–Kier alpha value is -2.57. The number of methoxy groups -OCH3 is 2. The third kappa shape index (κ3) is 3.45. The molecule has 1 amide bonds. The van der Waals surface area contributed by atoms with Gasteiger partial charge in [0.1, 0.15) is 0 Å². The van der Waals surface area contributed by atoms with Crippen LogP contribution in [0, 0.1) is 0 Å². The van der Waals surface area contributed by atoms with E-state index in [2.05, 4.69) is 20.7 Å². The fourth-order valence-electron chi connectivity index (χ4n) is 3.58. The van der Waals surface area contributed by atoms with Crippen molar-refractivity contribution in [2.45, 2.75) is 37.5 Å². The first-order valence-electron chi connectivity index (χ1n) is 8.55. The first-order valence-corrected chi connectivity index (χ1v) is 8.55. The van der Waals surface area contributed by atoms with E-state index in [0.717, 1.165) is 36.9 Å². The van der Waals surface area contributed by atoms with Crippen LogP contribution in [0.25, 0.3) is 0 Å². The van der Waals surface area contributed by atoms with Gasteiger partial charge in [-0.2, -0.15) is 15.4 Å². The van der Waals surface area contributed by atoms with Crippen molar-refractivity contribution in [3.63, 3.8) is 0 Å². The predicted octanol–water partition coefficient (Wildman–Crippen LogP) is 1.99. The van der Waals surface area contributed by atoms with Crippen LogP contribution in [0.1, 0.15) is 36.9 Å². The molecule has 0 spiro atoms. The van der Waals surface area contributed by atoms with Gasteiger partial charge in [-0.1, -0.05) is 18.9 Å². The number of aromatic nitrogens is 3. The summed E-state index contributed by atoms with van der Waals surface area (Å²) in [6.07, 6.45) is 6.11. The van der Waals surface area contributed by atoms with Crippen LogP contribution in [-0.4, -0.2) is 42.1 Å². The molecule has 0 bridgehead atoms. The Morgan fingerprint density at radius 2 is 2.00 bits per heavy atom. The van der Waals surface area contributed by atoms with E-state index in [1.54, 1.807) is 20.4 Å². The maximum Gasteiger partial charge on any atom is 0.230 e. The van der Waals surface area contributed by atoms with Crippen LogP contribution in [0.2, 0.25) is 0 Å². The van der Waals surface area contributed by atoms with E-state index in [1.165, 1.54) is 0 Å². The highest BCUT2D eigenvalue weighted by Crippen LogP contribution is 2.43. The van der Waals surface area contributed by atoms with Gasteiger partial charge in [0.2, 0.25) is 5.91 Å². The van der Waals surface area contributed by atoms with E-state index in [0.29, 0.717) is 24.5 Å². The topological polar surface area (TPSA) is 89.1 Å². The van der Waals surface area contributed by atoms with E-state index >= 15 is 0 Å². The van der Waals surface area contributed by atoms with Crippen LogP contribution in [-0.2, 0) is 16.6 Å². The average molecular weight is 344 g/mol. The van der Waals surface area contributed by atoms with E-state index in [9.17, 15) is 4.79 Å². The van der Waals surface area contributed by atoms with Gasteiger partial charge in [0, 0.05) is 13.0 Å². The molecule has 7 heteroatoms. The van der Waals surface area contributed by atoms with Crippen LogP contribution >= 0.6 is 0 Å². The number of aromatic amines is 1. The molecule has 1 aromatic heterocycles. The summed E-state index contributed by atoms with van der Waals surface area (Å²) < 4.78 is 10.7. The summed E-state index contributed by atoms with van der Waals surface area (Å²) in [5.41, 5.74) is 1.33. The minimum atomic E-state index is -0.497. The van der Waals surface area contributed by atoms with Crippen molar-refractivity contribution in [1.82, 2.24) is 20.7 Å². The molecule has 1 aliphatic rings. The molecule has 1 aliphatic carbocycles. The second kappa shape index (κ2) is 7.55. The summed E-state index contributed by atoms with van der Waals surface area (Å²) in [5.74, 6) is 1.40. The third-order valence-corrected chi connectivity index (χ3v) is 4.96. The standard InChI is InChI=1S/C18H24N4O3/c1-24-15-6-5-13(11-16(15)25-2)18(8-3-4-9-18)17(23)19-10-7-14-12-20-22-21-14/h5-6,11-12H,3-4,7-10H2,1-2H3,(H,19,23)(H,20,21,22). The van der Waals surface area contributed by atoms with Crippen LogP contribution in [0.5, 0.6) is 11.5 Å². The zero-order chi connectivity index (χ0) is 17.7. The molecule has 134 valence electrons. The van der Waals surface area contributed by atoms with Gasteiger partial charge in [-0.15, -0.1) is 0 Å². The highest BCUT2D eigenvalue weighted by atomic mass is 16.5. The Morgan fingerprint density at radius 3 is 2.64 bits per heavy atom. The number of rotatable bonds is 7. The molecule has 1 heterocycles. The number of carbonyl (C=O) groups is 1. The van der Waals surface area contributed by atoms with Crippen molar-refractivity contribution in [3.8, 4) is 11.5 Å². The SMILES string of the molecule is COc1ccc(C2(C(=O)NCCc3cn[nH]n3)CCCC2)cc1OC. The lowest BCUT2D eigenvalue weighted by molar-refractivity contribution is -0.126. The van der Waals surface area contributed by atoms with Gasteiger partial charge in [-0.05, 0) is 30.5 Å². The summed E-state index contributed by atoms with van der Waals surface area (Å²) in [4.78, 5) is 13.0. The predicted molar refractivity (Wildman–Crippen MR) is 92.8 cm³/mol. The summed E-state index contributed by atoms with van der Waals surface area (Å²) in [6, 6.07) is 5.78. The van der Waals surface area contributed by atoms with Crippen LogP contribution in [0.3, 0.4) is 0 Å². The normalized spacial score (nSPS) is 15.8. The molecular formula is C18H24N4O3. The fraction of sp³-hybridized carbons (Fsp3) is 0.500. The molecule has 2 aromatic rings. The molecule has 0 unspecified atom stereocenters. The van der Waals surface area contributed by atoms with Crippen molar-refractivity contribution in [2.75, 3.05) is 20.8 Å². The number of hydrogen-bond acceptors (Lipinski definition) is 5. The van der Waals surface area contributed by atoms with Crippen LogP contribution in [0.4, 0.5) is 0 Å². The first kappa shape index (κ1) is 17.3. The largest absolute Gasteiger partial charge is 0.493 e. The summed E-state index contributed by atoms with van der Waals surface area (Å²) in [6.45, 7) is 0.542. The Bertz CT molecular complexity index is 709. The van der Waals surface area contributed by atoms with Crippen molar-refractivity contribution in [2.24, 2.45) is 0 Å². The smallest absolute Gasteiger partial charge is 0.230 e. The van der Waals surface area contributed by atoms with Crippen molar-refractivity contribution in [3.05, 3.63) is 35.7 Å². The van der Waals surface area contributed by atoms with Crippen molar-refractivity contribution >= 4 is 5.91 Å². The Morgan fingerprint density at radius 1 is 1.24 bits per heavy atom. The number of hydrogen-bond donors (Lipinski definition) is 2. The first-order chi connectivity index (χ1) is 12.2. The summed E-state index contributed by atoms with van der Waals surface area (Å²) in [5, 5.41) is 13.4. The quantitative estimate of drug-likeness (QED) is 0.802. The Labute approximate surface area is 147 Å². The molecule has 1 fully saturated rings. The molecule has 1 aromatic carbocycles. The molecule has 0 saturated heterocycles. The number of benzene rings is 1. The van der Waals surface area contributed by atoms with Gasteiger partial charge in [0.25, 0.3) is 0 Å². The molecule has 7 nitrogen and oxygen atoms in total. The maximum absolute atomic E-state index is 13.0. The van der Waals surface area contributed by atoms with Crippen molar-refractivity contribution in [1.29, 1.82) is 0 Å². The second-order valence-corrected chi connectivity index (χ2v) is 6.33.